The Morgan fingerprint density at radius 3 is 2.50 bits per heavy atom. The van der Waals surface area contributed by atoms with Gasteiger partial charge >= 0.3 is 0 Å². The largest absolute Gasteiger partial charge is 0.310 e. The second-order valence-electron chi connectivity index (χ2n) is 5.21. The summed E-state index contributed by atoms with van der Waals surface area (Å²) in [5.41, 5.74) is 4.03. The van der Waals surface area contributed by atoms with Gasteiger partial charge in [-0.1, -0.05) is 65.3 Å². The zero-order valence-corrected chi connectivity index (χ0v) is 13.8. The molecule has 0 bridgehead atoms. The average molecular weight is 332 g/mol. The Morgan fingerprint density at radius 1 is 1.10 bits per heavy atom. The predicted octanol–water partition coefficient (Wildman–Crippen LogP) is 5.04. The van der Waals surface area contributed by atoms with Crippen LogP contribution >= 0.6 is 15.9 Å². The van der Waals surface area contributed by atoms with Gasteiger partial charge in [0.2, 0.25) is 0 Å². The van der Waals surface area contributed by atoms with Crippen LogP contribution < -0.4 is 5.32 Å². The Morgan fingerprint density at radius 2 is 1.85 bits per heavy atom. The van der Waals surface area contributed by atoms with Crippen molar-refractivity contribution >= 4 is 15.9 Å². The van der Waals surface area contributed by atoms with Crippen LogP contribution in [0.4, 0.5) is 0 Å². The molecule has 0 spiro atoms. The molecule has 0 saturated carbocycles. The molecule has 2 aromatic carbocycles. The molecule has 20 heavy (non-hydrogen) atoms. The van der Waals surface area contributed by atoms with Crippen LogP contribution in [0, 0.1) is 6.92 Å². The molecule has 0 heterocycles. The maximum Gasteiger partial charge on any atom is 0.0360 e. The first kappa shape index (κ1) is 15.3. The SMILES string of the molecule is CCCNC(Cc1ccccc1)c1ccc(Br)c(C)c1. The molecule has 2 heteroatoms. The summed E-state index contributed by atoms with van der Waals surface area (Å²) in [4.78, 5) is 0. The molecule has 0 aliphatic rings. The quantitative estimate of drug-likeness (QED) is 0.781. The Hall–Kier alpha value is -1.12. The molecule has 0 radical (unpaired) electrons. The predicted molar refractivity (Wildman–Crippen MR) is 90.1 cm³/mol. The lowest BCUT2D eigenvalue weighted by Crippen LogP contribution is -2.24. The van der Waals surface area contributed by atoms with Crippen LogP contribution in [0.2, 0.25) is 0 Å². The molecule has 1 unspecified atom stereocenters. The normalized spacial score (nSPS) is 12.3. The van der Waals surface area contributed by atoms with Gasteiger partial charge in [0.05, 0.1) is 0 Å². The summed E-state index contributed by atoms with van der Waals surface area (Å²) in [5, 5.41) is 3.67. The minimum Gasteiger partial charge on any atom is -0.310 e. The minimum atomic E-state index is 0.379. The summed E-state index contributed by atoms with van der Waals surface area (Å²) < 4.78 is 1.18. The third-order valence-corrected chi connectivity index (χ3v) is 4.40. The highest BCUT2D eigenvalue weighted by atomic mass is 79.9. The van der Waals surface area contributed by atoms with E-state index in [1.54, 1.807) is 0 Å². The van der Waals surface area contributed by atoms with Crippen molar-refractivity contribution in [3.8, 4) is 0 Å². The second kappa shape index (κ2) is 7.61. The summed E-state index contributed by atoms with van der Waals surface area (Å²) in [6, 6.07) is 17.7. The highest BCUT2D eigenvalue weighted by Crippen LogP contribution is 2.24. The van der Waals surface area contributed by atoms with Crippen LogP contribution in [-0.4, -0.2) is 6.54 Å². The van der Waals surface area contributed by atoms with Gasteiger partial charge in [-0.2, -0.15) is 0 Å². The van der Waals surface area contributed by atoms with Gasteiger partial charge in [-0.15, -0.1) is 0 Å². The van der Waals surface area contributed by atoms with Crippen LogP contribution in [0.15, 0.2) is 53.0 Å². The molecule has 1 atom stereocenters. The van der Waals surface area contributed by atoms with Gasteiger partial charge < -0.3 is 5.32 Å². The maximum absolute atomic E-state index is 3.67. The summed E-state index contributed by atoms with van der Waals surface area (Å²) >= 11 is 3.58. The number of halogens is 1. The topological polar surface area (TPSA) is 12.0 Å². The Labute approximate surface area is 130 Å². The van der Waals surface area contributed by atoms with Gasteiger partial charge in [-0.3, -0.25) is 0 Å². The van der Waals surface area contributed by atoms with E-state index in [4.69, 9.17) is 0 Å². The van der Waals surface area contributed by atoms with Crippen molar-refractivity contribution in [3.05, 3.63) is 69.7 Å². The Bertz CT molecular complexity index is 536. The average Bonchev–Trinajstić information content (AvgIpc) is 2.47. The lowest BCUT2D eigenvalue weighted by Gasteiger charge is -2.20. The summed E-state index contributed by atoms with van der Waals surface area (Å²) in [6.45, 7) is 5.40. The van der Waals surface area contributed by atoms with E-state index in [9.17, 15) is 0 Å². The van der Waals surface area contributed by atoms with Crippen molar-refractivity contribution in [3.63, 3.8) is 0 Å². The van der Waals surface area contributed by atoms with E-state index in [1.165, 1.54) is 21.2 Å². The fourth-order valence-electron chi connectivity index (χ4n) is 2.36. The molecule has 0 aromatic heterocycles. The number of hydrogen-bond acceptors (Lipinski definition) is 1. The molecule has 1 nitrogen and oxygen atoms in total. The molecule has 0 aliphatic carbocycles. The van der Waals surface area contributed by atoms with E-state index >= 15 is 0 Å². The van der Waals surface area contributed by atoms with Crippen LogP contribution in [0.1, 0.15) is 36.1 Å². The smallest absolute Gasteiger partial charge is 0.0360 e. The van der Waals surface area contributed by atoms with Gasteiger partial charge in [0.15, 0.2) is 0 Å². The first-order valence-electron chi connectivity index (χ1n) is 7.24. The van der Waals surface area contributed by atoms with E-state index in [0.29, 0.717) is 6.04 Å². The summed E-state index contributed by atoms with van der Waals surface area (Å²) in [6.07, 6.45) is 2.18. The van der Waals surface area contributed by atoms with E-state index in [1.807, 2.05) is 0 Å². The van der Waals surface area contributed by atoms with Crippen molar-refractivity contribution in [1.29, 1.82) is 0 Å². The lowest BCUT2D eigenvalue weighted by molar-refractivity contribution is 0.529. The van der Waals surface area contributed by atoms with Crippen molar-refractivity contribution in [2.24, 2.45) is 0 Å². The molecule has 2 rings (SSSR count). The van der Waals surface area contributed by atoms with Gasteiger partial charge in [-0.05, 0) is 49.1 Å². The molecule has 0 aliphatic heterocycles. The first-order valence-corrected chi connectivity index (χ1v) is 8.03. The van der Waals surface area contributed by atoms with E-state index < -0.39 is 0 Å². The summed E-state index contributed by atoms with van der Waals surface area (Å²) in [7, 11) is 0. The van der Waals surface area contributed by atoms with Crippen molar-refractivity contribution < 1.29 is 0 Å². The second-order valence-corrected chi connectivity index (χ2v) is 6.06. The molecule has 0 saturated heterocycles. The van der Waals surface area contributed by atoms with Crippen molar-refractivity contribution in [2.75, 3.05) is 6.54 Å². The van der Waals surface area contributed by atoms with Crippen molar-refractivity contribution in [1.82, 2.24) is 5.32 Å². The highest BCUT2D eigenvalue weighted by Gasteiger charge is 2.12. The Kier molecular flexibility index (Phi) is 5.81. The first-order chi connectivity index (χ1) is 9.70. The number of rotatable bonds is 6. The standard InChI is InChI=1S/C18H22BrN/c1-3-11-20-18(13-15-7-5-4-6-8-15)16-9-10-17(19)14(2)12-16/h4-10,12,18,20H,3,11,13H2,1-2H3. The van der Waals surface area contributed by atoms with Crippen LogP contribution in [0.3, 0.4) is 0 Å². The fraction of sp³-hybridized carbons (Fsp3) is 0.333. The third kappa shape index (κ3) is 4.19. The lowest BCUT2D eigenvalue weighted by atomic mass is 9.97. The Balaban J connectivity index is 2.20. The zero-order valence-electron chi connectivity index (χ0n) is 12.2. The molecule has 0 fully saturated rings. The van der Waals surface area contributed by atoms with E-state index in [-0.39, 0.29) is 0 Å². The van der Waals surface area contributed by atoms with Gasteiger partial charge in [-0.25, -0.2) is 0 Å². The maximum atomic E-state index is 3.67. The van der Waals surface area contributed by atoms with Crippen LogP contribution in [0.25, 0.3) is 0 Å². The number of hydrogen-bond donors (Lipinski definition) is 1. The fourth-order valence-corrected chi connectivity index (χ4v) is 2.61. The molecular weight excluding hydrogens is 310 g/mol. The molecular formula is C18H22BrN. The monoisotopic (exact) mass is 331 g/mol. The molecule has 2 aromatic rings. The summed E-state index contributed by atoms with van der Waals surface area (Å²) in [5.74, 6) is 0. The van der Waals surface area contributed by atoms with E-state index in [0.717, 1.165) is 19.4 Å². The van der Waals surface area contributed by atoms with Gasteiger partial charge in [0.1, 0.15) is 0 Å². The van der Waals surface area contributed by atoms with Gasteiger partial charge in [0.25, 0.3) is 0 Å². The molecule has 0 amide bonds. The van der Waals surface area contributed by atoms with Crippen LogP contribution in [-0.2, 0) is 6.42 Å². The third-order valence-electron chi connectivity index (χ3n) is 3.51. The van der Waals surface area contributed by atoms with Gasteiger partial charge in [0, 0.05) is 10.5 Å². The molecule has 1 N–H and O–H groups in total. The van der Waals surface area contributed by atoms with E-state index in [2.05, 4.69) is 83.6 Å². The zero-order chi connectivity index (χ0) is 14.4. The van der Waals surface area contributed by atoms with Crippen molar-refractivity contribution in [2.45, 2.75) is 32.7 Å². The van der Waals surface area contributed by atoms with Crippen LogP contribution in [0.5, 0.6) is 0 Å². The number of aryl methyl sites for hydroxylation is 1. The molecule has 106 valence electrons. The number of benzene rings is 2. The highest BCUT2D eigenvalue weighted by molar-refractivity contribution is 9.10. The minimum absolute atomic E-state index is 0.379. The number of nitrogens with one attached hydrogen (secondary N) is 1.